The molecule has 0 atom stereocenters. The summed E-state index contributed by atoms with van der Waals surface area (Å²) < 4.78 is 65.9. The van der Waals surface area contributed by atoms with Crippen molar-refractivity contribution in [3.63, 3.8) is 0 Å². The van der Waals surface area contributed by atoms with Crippen molar-refractivity contribution < 1.29 is 30.5 Å². The van der Waals surface area contributed by atoms with Gasteiger partial charge in [-0.1, -0.05) is 47.4 Å². The van der Waals surface area contributed by atoms with Crippen LogP contribution in [-0.4, -0.2) is 44.0 Å². The van der Waals surface area contributed by atoms with E-state index in [-0.39, 0.29) is 11.5 Å². The number of allylic oxidation sites excluding steroid dienone is 2. The van der Waals surface area contributed by atoms with Gasteiger partial charge in [-0.3, -0.25) is 9.11 Å². The number of aromatic nitrogens is 1. The van der Waals surface area contributed by atoms with Crippen LogP contribution in [0.3, 0.4) is 0 Å². The van der Waals surface area contributed by atoms with Crippen LogP contribution in [0.4, 0.5) is 5.69 Å². The van der Waals surface area contributed by atoms with Gasteiger partial charge in [0.05, 0.1) is 22.2 Å². The SMILES string of the molecule is CC(=C\c1sc2ccccc2[n+]1CCCCS(=O)(=O)O)/C=C1/Sc2ccccc2N1CCCCS(=O)(=O)O. The molecule has 38 heavy (non-hydrogen) atoms. The average molecular weight is 596 g/mol. The van der Waals surface area contributed by atoms with Gasteiger partial charge in [-0.15, -0.1) is 0 Å². The number of hydrogen-bond acceptors (Lipinski definition) is 7. The minimum atomic E-state index is -3.97. The highest BCUT2D eigenvalue weighted by Crippen LogP contribution is 2.46. The Kier molecular flexibility index (Phi) is 9.32. The molecule has 0 bridgehead atoms. The van der Waals surface area contributed by atoms with Gasteiger partial charge in [0.2, 0.25) is 5.52 Å². The smallest absolute Gasteiger partial charge is 0.264 e. The number of para-hydroxylation sites is 2. The number of nitrogens with zero attached hydrogens (tertiary/aromatic N) is 2. The van der Waals surface area contributed by atoms with Crippen molar-refractivity contribution in [2.75, 3.05) is 23.0 Å². The third-order valence-corrected chi connectivity index (χ3v) is 9.88. The number of aryl methyl sites for hydroxylation is 1. The van der Waals surface area contributed by atoms with Gasteiger partial charge in [0.25, 0.3) is 25.2 Å². The van der Waals surface area contributed by atoms with Gasteiger partial charge in [0.1, 0.15) is 4.70 Å². The van der Waals surface area contributed by atoms with E-state index in [2.05, 4.69) is 45.9 Å². The zero-order valence-electron chi connectivity index (χ0n) is 21.0. The fourth-order valence-corrected chi connectivity index (χ4v) is 7.86. The molecule has 1 aromatic heterocycles. The Morgan fingerprint density at radius 1 is 0.921 bits per heavy atom. The monoisotopic (exact) mass is 595 g/mol. The van der Waals surface area contributed by atoms with Gasteiger partial charge in [-0.2, -0.15) is 21.4 Å². The largest absolute Gasteiger partial charge is 0.335 e. The molecule has 3 aromatic rings. The maximum Gasteiger partial charge on any atom is 0.264 e. The fourth-order valence-electron chi connectivity index (χ4n) is 4.32. The maximum absolute atomic E-state index is 11.1. The summed E-state index contributed by atoms with van der Waals surface area (Å²) in [6, 6.07) is 16.2. The lowest BCUT2D eigenvalue weighted by molar-refractivity contribution is -0.669. The lowest BCUT2D eigenvalue weighted by atomic mass is 10.2. The quantitative estimate of drug-likeness (QED) is 0.163. The fraction of sp³-hybridized carbons (Fsp3) is 0.346. The summed E-state index contributed by atoms with van der Waals surface area (Å²) in [5, 5.41) is 2.10. The van der Waals surface area contributed by atoms with Crippen LogP contribution >= 0.6 is 23.1 Å². The molecule has 4 rings (SSSR count). The van der Waals surface area contributed by atoms with Gasteiger partial charge >= 0.3 is 0 Å². The van der Waals surface area contributed by atoms with E-state index in [0.29, 0.717) is 38.8 Å². The van der Waals surface area contributed by atoms with Crippen LogP contribution in [0.15, 0.2) is 70.1 Å². The predicted molar refractivity (Wildman–Crippen MR) is 155 cm³/mol. The first-order chi connectivity index (χ1) is 18.0. The van der Waals surface area contributed by atoms with Crippen LogP contribution in [0.25, 0.3) is 16.3 Å². The van der Waals surface area contributed by atoms with Crippen molar-refractivity contribution in [1.82, 2.24) is 0 Å². The highest BCUT2D eigenvalue weighted by molar-refractivity contribution is 8.03. The lowest BCUT2D eigenvalue weighted by Crippen LogP contribution is -2.35. The van der Waals surface area contributed by atoms with Gasteiger partial charge in [-0.25, -0.2) is 0 Å². The van der Waals surface area contributed by atoms with Crippen molar-refractivity contribution in [1.29, 1.82) is 0 Å². The topological polar surface area (TPSA) is 116 Å². The Balaban J connectivity index is 1.57. The molecule has 0 saturated heterocycles. The van der Waals surface area contributed by atoms with Gasteiger partial charge in [0, 0.05) is 30.0 Å². The number of benzene rings is 2. The van der Waals surface area contributed by atoms with E-state index < -0.39 is 20.2 Å². The standard InChI is InChI=1S/C26H30N2O6S4/c1-20(18-25-27(14-6-8-16-37(29,30)31)21-10-2-4-12-23(21)35-25)19-26-28(15-7-9-17-38(32,33)34)22-11-3-5-13-24(22)36-26/h2-5,10-13,18-19H,6-9,14-17H2,1H3,(H-,29,30,31,32,33,34)/p+1. The van der Waals surface area contributed by atoms with Crippen molar-refractivity contribution in [3.8, 4) is 0 Å². The Hall–Kier alpha value is -2.22. The maximum atomic E-state index is 11.1. The number of thiazole rings is 1. The first-order valence-electron chi connectivity index (χ1n) is 12.3. The van der Waals surface area contributed by atoms with Gasteiger partial charge in [0.15, 0.2) is 6.54 Å². The molecular weight excluding hydrogens is 565 g/mol. The van der Waals surface area contributed by atoms with Crippen LogP contribution < -0.4 is 9.47 Å². The van der Waals surface area contributed by atoms with E-state index in [1.54, 1.807) is 23.1 Å². The van der Waals surface area contributed by atoms with E-state index >= 15 is 0 Å². The van der Waals surface area contributed by atoms with Crippen LogP contribution in [0, 0.1) is 0 Å². The van der Waals surface area contributed by atoms with Crippen LogP contribution in [-0.2, 0) is 26.8 Å². The summed E-state index contributed by atoms with van der Waals surface area (Å²) in [6.45, 7) is 3.31. The predicted octanol–water partition coefficient (Wildman–Crippen LogP) is 5.38. The van der Waals surface area contributed by atoms with E-state index in [9.17, 15) is 16.8 Å². The molecule has 204 valence electrons. The van der Waals surface area contributed by atoms with Crippen molar-refractivity contribution in [2.45, 2.75) is 44.0 Å². The molecule has 0 radical (unpaired) electrons. The molecule has 0 saturated carbocycles. The molecule has 0 fully saturated rings. The molecular formula is C26H31N2O6S4+. The molecule has 2 aromatic carbocycles. The van der Waals surface area contributed by atoms with Gasteiger partial charge in [-0.05, 0) is 56.0 Å². The highest BCUT2D eigenvalue weighted by atomic mass is 32.2. The third kappa shape index (κ3) is 7.90. The number of rotatable bonds is 12. The zero-order valence-corrected chi connectivity index (χ0v) is 24.3. The Labute approximate surface area is 232 Å². The molecule has 0 unspecified atom stereocenters. The minimum Gasteiger partial charge on any atom is -0.335 e. The van der Waals surface area contributed by atoms with Crippen LogP contribution in [0.2, 0.25) is 0 Å². The number of thioether (sulfide) groups is 1. The molecule has 1 aliphatic heterocycles. The number of fused-ring (bicyclic) bond motifs is 2. The molecule has 2 heterocycles. The lowest BCUT2D eigenvalue weighted by Gasteiger charge is -2.20. The van der Waals surface area contributed by atoms with Crippen molar-refractivity contribution in [2.24, 2.45) is 0 Å². The summed E-state index contributed by atoms with van der Waals surface area (Å²) in [4.78, 5) is 3.33. The molecule has 0 aliphatic carbocycles. The molecule has 12 heteroatoms. The highest BCUT2D eigenvalue weighted by Gasteiger charge is 2.25. The minimum absolute atomic E-state index is 0.246. The first-order valence-corrected chi connectivity index (χ1v) is 17.1. The first kappa shape index (κ1) is 28.8. The molecule has 0 amide bonds. The van der Waals surface area contributed by atoms with Crippen molar-refractivity contribution >= 4 is 65.3 Å². The zero-order chi connectivity index (χ0) is 27.3. The summed E-state index contributed by atoms with van der Waals surface area (Å²) in [6.07, 6.45) is 6.25. The Bertz CT molecular complexity index is 1580. The Morgan fingerprint density at radius 3 is 2.32 bits per heavy atom. The van der Waals surface area contributed by atoms with E-state index in [1.807, 2.05) is 31.2 Å². The summed E-state index contributed by atoms with van der Waals surface area (Å²) in [5.41, 5.74) is 3.21. The van der Waals surface area contributed by atoms with Gasteiger partial charge < -0.3 is 4.90 Å². The van der Waals surface area contributed by atoms with Crippen molar-refractivity contribution in [3.05, 3.63) is 70.2 Å². The number of unbranched alkanes of at least 4 members (excludes halogenated alkanes) is 2. The number of hydrogen-bond donors (Lipinski definition) is 2. The molecule has 1 aliphatic rings. The second-order valence-electron chi connectivity index (χ2n) is 9.14. The van der Waals surface area contributed by atoms with Crippen LogP contribution in [0.1, 0.15) is 37.6 Å². The van der Waals surface area contributed by atoms with E-state index in [1.165, 1.54) is 0 Å². The second kappa shape index (κ2) is 12.3. The summed E-state index contributed by atoms with van der Waals surface area (Å²) >= 11 is 3.34. The molecule has 2 N–H and O–H groups in total. The second-order valence-corrected chi connectivity index (χ2v) is 14.4. The Morgan fingerprint density at radius 2 is 1.58 bits per heavy atom. The summed E-state index contributed by atoms with van der Waals surface area (Å²) in [7, 11) is -7.94. The summed E-state index contributed by atoms with van der Waals surface area (Å²) in [5.74, 6) is -0.493. The normalized spacial score (nSPS) is 15.5. The molecule has 8 nitrogen and oxygen atoms in total. The van der Waals surface area contributed by atoms with Crippen LogP contribution in [0.5, 0.6) is 0 Å². The van der Waals surface area contributed by atoms with E-state index in [4.69, 9.17) is 9.11 Å². The molecule has 0 spiro atoms. The number of anilines is 1. The van der Waals surface area contributed by atoms with E-state index in [0.717, 1.165) is 36.4 Å². The third-order valence-electron chi connectivity index (χ3n) is 6.04. The average Bonchev–Trinajstić information content (AvgIpc) is 3.35.